The number of hydrogen-bond acceptors (Lipinski definition) is 3. The normalized spacial score (nSPS) is 13.9. The van der Waals surface area contributed by atoms with E-state index in [1.165, 1.54) is 16.8 Å². The molecule has 0 aromatic carbocycles. The van der Waals surface area contributed by atoms with E-state index in [1.54, 1.807) is 6.92 Å². The Kier molecular flexibility index (Phi) is 5.47. The first-order valence-corrected chi connectivity index (χ1v) is 9.51. The first-order valence-electron chi connectivity index (χ1n) is 9.51. The summed E-state index contributed by atoms with van der Waals surface area (Å²) in [5.74, 6) is -0.0228. The largest absolute Gasteiger partial charge is 0.330 e. The lowest BCUT2D eigenvalue weighted by Crippen LogP contribution is -2.16. The Morgan fingerprint density at radius 2 is 2.12 bits per heavy atom. The van der Waals surface area contributed by atoms with Crippen LogP contribution in [-0.4, -0.2) is 41.0 Å². The van der Waals surface area contributed by atoms with E-state index in [4.69, 9.17) is 4.98 Å². The summed E-state index contributed by atoms with van der Waals surface area (Å²) in [6.07, 6.45) is 8.48. The quantitative estimate of drug-likeness (QED) is 0.885. The summed E-state index contributed by atoms with van der Waals surface area (Å²) in [4.78, 5) is 19.2. The summed E-state index contributed by atoms with van der Waals surface area (Å²) in [5.41, 5.74) is 6.60. The van der Waals surface area contributed by atoms with Crippen molar-refractivity contribution in [3.8, 4) is 0 Å². The number of carbonyl (C=O) groups excluding carboxylic acids is 1. The summed E-state index contributed by atoms with van der Waals surface area (Å²) in [7, 11) is 4.20. The predicted octanol–water partition coefficient (Wildman–Crippen LogP) is 3.91. The van der Waals surface area contributed by atoms with Crippen LogP contribution in [0, 0.1) is 13.8 Å². The van der Waals surface area contributed by atoms with Crippen molar-refractivity contribution in [3.63, 3.8) is 0 Å². The molecule has 0 unspecified atom stereocenters. The monoisotopic (exact) mass is 354 g/mol. The molecule has 26 heavy (non-hydrogen) atoms. The molecule has 2 aromatic heterocycles. The van der Waals surface area contributed by atoms with Gasteiger partial charge in [0.05, 0.1) is 11.4 Å². The summed E-state index contributed by atoms with van der Waals surface area (Å²) >= 11 is 0. The van der Waals surface area contributed by atoms with Crippen LogP contribution in [0.2, 0.25) is 0 Å². The van der Waals surface area contributed by atoms with Crippen LogP contribution in [0.15, 0.2) is 6.08 Å². The Balaban J connectivity index is 2.20. The summed E-state index contributed by atoms with van der Waals surface area (Å²) < 4.78 is 2.32. The maximum Gasteiger partial charge on any atom is 0.221 e. The number of allylic oxidation sites excluding steroid dienone is 1. The lowest BCUT2D eigenvalue weighted by Gasteiger charge is -2.15. The first kappa shape index (κ1) is 18.6. The summed E-state index contributed by atoms with van der Waals surface area (Å²) in [5, 5.41) is 4.23. The first-order chi connectivity index (χ1) is 12.4. The number of rotatable bonds is 5. The molecule has 140 valence electrons. The third-order valence-corrected chi connectivity index (χ3v) is 5.25. The van der Waals surface area contributed by atoms with Crippen molar-refractivity contribution in [3.05, 3.63) is 28.6 Å². The van der Waals surface area contributed by atoms with Gasteiger partial charge in [0.2, 0.25) is 5.91 Å². The minimum absolute atomic E-state index is 0.0228. The Morgan fingerprint density at radius 1 is 1.35 bits per heavy atom. The zero-order chi connectivity index (χ0) is 18.8. The molecule has 0 spiro atoms. The van der Waals surface area contributed by atoms with Gasteiger partial charge in [0.25, 0.3) is 0 Å². The van der Waals surface area contributed by atoms with E-state index in [0.29, 0.717) is 0 Å². The van der Waals surface area contributed by atoms with Crippen LogP contribution >= 0.6 is 0 Å². The molecule has 0 bridgehead atoms. The van der Waals surface area contributed by atoms with Gasteiger partial charge in [0.1, 0.15) is 5.65 Å². The number of nitrogens with one attached hydrogen (secondary N) is 1. The second kappa shape index (κ2) is 7.62. The van der Waals surface area contributed by atoms with Gasteiger partial charge >= 0.3 is 0 Å². The topological polar surface area (TPSA) is 50.2 Å². The fourth-order valence-corrected chi connectivity index (χ4v) is 3.84. The predicted molar refractivity (Wildman–Crippen MR) is 109 cm³/mol. The minimum atomic E-state index is -0.0228. The molecule has 1 aliphatic rings. The van der Waals surface area contributed by atoms with Crippen molar-refractivity contribution in [2.75, 3.05) is 26.0 Å². The number of hydrogen-bond donors (Lipinski definition) is 1. The van der Waals surface area contributed by atoms with Crippen molar-refractivity contribution < 1.29 is 4.79 Å². The van der Waals surface area contributed by atoms with Gasteiger partial charge in [-0.05, 0) is 71.8 Å². The molecule has 5 heteroatoms. The third kappa shape index (κ3) is 3.54. The number of aromatic nitrogens is 2. The van der Waals surface area contributed by atoms with Crippen molar-refractivity contribution in [1.82, 2.24) is 14.5 Å². The number of nitrogens with zero attached hydrogens (tertiary/aromatic N) is 3. The SMILES string of the molecule is CC(=O)Nc1c2c(nc3c1c(C)c(C)n3CCCN(C)C)C=CCCC2. The van der Waals surface area contributed by atoms with E-state index in [0.717, 1.165) is 61.2 Å². The number of anilines is 1. The van der Waals surface area contributed by atoms with Crippen LogP contribution in [-0.2, 0) is 17.8 Å². The number of carbonyl (C=O) groups is 1. The van der Waals surface area contributed by atoms with Crippen LogP contribution < -0.4 is 5.32 Å². The number of amides is 1. The average molecular weight is 354 g/mol. The standard InChI is InChI=1S/C21H30N4O/c1-14-15(2)25(13-9-12-24(4)5)21-19(14)20(22-16(3)26)17-10-7-6-8-11-18(17)23-21/h8,11H,6-7,9-10,12-13H2,1-5H3,(H,22,23,26). The molecule has 0 aliphatic heterocycles. The van der Waals surface area contributed by atoms with Crippen molar-refractivity contribution in [1.29, 1.82) is 0 Å². The van der Waals surface area contributed by atoms with Crippen molar-refractivity contribution in [2.45, 2.75) is 53.0 Å². The molecule has 2 aromatic rings. The third-order valence-electron chi connectivity index (χ3n) is 5.25. The highest BCUT2D eigenvalue weighted by Gasteiger charge is 2.22. The van der Waals surface area contributed by atoms with Gasteiger partial charge in [-0.15, -0.1) is 0 Å². The molecule has 0 saturated carbocycles. The Labute approximate surface area is 156 Å². The van der Waals surface area contributed by atoms with Crippen LogP contribution in [0.4, 0.5) is 5.69 Å². The van der Waals surface area contributed by atoms with E-state index in [9.17, 15) is 4.79 Å². The van der Waals surface area contributed by atoms with Crippen LogP contribution in [0.5, 0.6) is 0 Å². The molecule has 5 nitrogen and oxygen atoms in total. The van der Waals surface area contributed by atoms with Gasteiger partial charge < -0.3 is 14.8 Å². The molecule has 0 atom stereocenters. The molecule has 1 N–H and O–H groups in total. The van der Waals surface area contributed by atoms with Gasteiger partial charge in [0.15, 0.2) is 0 Å². The molecule has 1 aliphatic carbocycles. The second-order valence-electron chi connectivity index (χ2n) is 7.54. The molecule has 0 saturated heterocycles. The zero-order valence-electron chi connectivity index (χ0n) is 16.6. The van der Waals surface area contributed by atoms with Crippen molar-refractivity contribution >= 4 is 28.7 Å². The highest BCUT2D eigenvalue weighted by Crippen LogP contribution is 2.37. The van der Waals surface area contributed by atoms with E-state index < -0.39 is 0 Å². The van der Waals surface area contributed by atoms with Crippen LogP contribution in [0.1, 0.15) is 48.7 Å². The van der Waals surface area contributed by atoms with E-state index in [2.05, 4.69) is 54.9 Å². The molecule has 0 radical (unpaired) electrons. The maximum absolute atomic E-state index is 11.9. The smallest absolute Gasteiger partial charge is 0.221 e. The minimum Gasteiger partial charge on any atom is -0.330 e. The Bertz CT molecular complexity index is 861. The van der Waals surface area contributed by atoms with Gasteiger partial charge in [0, 0.05) is 30.1 Å². The highest BCUT2D eigenvalue weighted by atomic mass is 16.1. The van der Waals surface area contributed by atoms with Gasteiger partial charge in [-0.3, -0.25) is 4.79 Å². The Morgan fingerprint density at radius 3 is 2.81 bits per heavy atom. The van der Waals surface area contributed by atoms with Gasteiger partial charge in [-0.25, -0.2) is 4.98 Å². The number of pyridine rings is 1. The molecular formula is C21H30N4O. The fraction of sp³-hybridized carbons (Fsp3) is 0.524. The number of aryl methyl sites for hydroxylation is 2. The zero-order valence-corrected chi connectivity index (χ0v) is 16.6. The summed E-state index contributed by atoms with van der Waals surface area (Å²) in [6, 6.07) is 0. The molecular weight excluding hydrogens is 324 g/mol. The molecule has 1 amide bonds. The average Bonchev–Trinajstić information content (AvgIpc) is 2.74. The van der Waals surface area contributed by atoms with E-state index in [1.807, 2.05) is 0 Å². The summed E-state index contributed by atoms with van der Waals surface area (Å²) in [6.45, 7) is 7.86. The van der Waals surface area contributed by atoms with E-state index >= 15 is 0 Å². The van der Waals surface area contributed by atoms with Crippen LogP contribution in [0.3, 0.4) is 0 Å². The van der Waals surface area contributed by atoms with Gasteiger partial charge in [-0.1, -0.05) is 6.08 Å². The molecule has 3 rings (SSSR count). The second-order valence-corrected chi connectivity index (χ2v) is 7.54. The fourth-order valence-electron chi connectivity index (χ4n) is 3.84. The lowest BCUT2D eigenvalue weighted by molar-refractivity contribution is -0.114. The highest BCUT2D eigenvalue weighted by molar-refractivity contribution is 6.04. The maximum atomic E-state index is 11.9. The molecule has 2 heterocycles. The lowest BCUT2D eigenvalue weighted by atomic mass is 10.0. The van der Waals surface area contributed by atoms with Crippen LogP contribution in [0.25, 0.3) is 17.1 Å². The Hall–Kier alpha value is -2.14. The van der Waals surface area contributed by atoms with E-state index in [-0.39, 0.29) is 5.91 Å². The van der Waals surface area contributed by atoms with Gasteiger partial charge in [-0.2, -0.15) is 0 Å². The molecule has 0 fully saturated rings. The number of fused-ring (bicyclic) bond motifs is 2. The van der Waals surface area contributed by atoms with Crippen molar-refractivity contribution in [2.24, 2.45) is 0 Å².